The minimum atomic E-state index is -0.748. The van der Waals surface area contributed by atoms with Crippen molar-refractivity contribution in [2.45, 2.75) is 20.0 Å². The van der Waals surface area contributed by atoms with Gasteiger partial charge in [-0.2, -0.15) is 0 Å². The third-order valence-corrected chi connectivity index (χ3v) is 4.06. The molecule has 2 aromatic rings. The molecule has 0 bridgehead atoms. The molecule has 1 atom stereocenters. The van der Waals surface area contributed by atoms with Gasteiger partial charge in [0, 0.05) is 10.0 Å². The molecule has 0 heterocycles. The quantitative estimate of drug-likeness (QED) is 0.899. The molecule has 0 saturated heterocycles. The van der Waals surface area contributed by atoms with E-state index in [9.17, 15) is 5.11 Å². The number of aliphatic hydroxyl groups is 1. The van der Waals surface area contributed by atoms with E-state index < -0.39 is 6.10 Å². The fourth-order valence-electron chi connectivity index (χ4n) is 2.41. The Bertz CT molecular complexity index is 653. The molecule has 0 aliphatic rings. The number of hydrogen-bond donors (Lipinski definition) is 1. The van der Waals surface area contributed by atoms with Crippen LogP contribution in [0, 0.1) is 13.8 Å². The van der Waals surface area contributed by atoms with Crippen molar-refractivity contribution in [1.29, 1.82) is 0 Å². The summed E-state index contributed by atoms with van der Waals surface area (Å²) in [6.45, 7) is 3.93. The summed E-state index contributed by atoms with van der Waals surface area (Å²) in [5.41, 5.74) is 3.56. The predicted molar refractivity (Wildman–Crippen MR) is 87.2 cm³/mol. The van der Waals surface area contributed by atoms with Gasteiger partial charge in [-0.15, -0.1) is 0 Å². The smallest absolute Gasteiger partial charge is 0.125 e. The molecule has 1 N–H and O–H groups in total. The second-order valence-electron chi connectivity index (χ2n) is 4.97. The van der Waals surface area contributed by atoms with Gasteiger partial charge in [0.2, 0.25) is 0 Å². The molecule has 1 unspecified atom stereocenters. The van der Waals surface area contributed by atoms with Crippen LogP contribution in [0.15, 0.2) is 34.8 Å². The molecule has 2 aromatic carbocycles. The Hall–Kier alpha value is -1.52. The average molecular weight is 351 g/mol. The maximum absolute atomic E-state index is 10.8. The fourth-order valence-corrected chi connectivity index (χ4v) is 2.79. The van der Waals surface area contributed by atoms with Crippen LogP contribution >= 0.6 is 15.9 Å². The molecular formula is C17H19BrO3. The molecule has 4 heteroatoms. The largest absolute Gasteiger partial charge is 0.496 e. The Morgan fingerprint density at radius 3 is 2.19 bits per heavy atom. The molecule has 0 amide bonds. The van der Waals surface area contributed by atoms with Crippen LogP contribution in [0.5, 0.6) is 11.5 Å². The standard InChI is InChI=1S/C17H19BrO3/c1-10-8-16(21-4)11(2)7-13(10)17(19)14-9-12(18)5-6-15(14)20-3/h5-9,17,19H,1-4H3. The first-order valence-corrected chi connectivity index (χ1v) is 7.44. The zero-order valence-corrected chi connectivity index (χ0v) is 14.2. The number of halogens is 1. The highest BCUT2D eigenvalue weighted by Crippen LogP contribution is 2.35. The Kier molecular flexibility index (Phi) is 4.91. The van der Waals surface area contributed by atoms with Gasteiger partial charge in [0.05, 0.1) is 14.2 Å². The summed E-state index contributed by atoms with van der Waals surface area (Å²) in [5, 5.41) is 10.8. The van der Waals surface area contributed by atoms with Gasteiger partial charge in [-0.05, 0) is 60.9 Å². The molecule has 2 rings (SSSR count). The van der Waals surface area contributed by atoms with Crippen molar-refractivity contribution < 1.29 is 14.6 Å². The fraction of sp³-hybridized carbons (Fsp3) is 0.294. The molecule has 0 aliphatic heterocycles. The van der Waals surface area contributed by atoms with Crippen LogP contribution in [0.2, 0.25) is 0 Å². The number of benzene rings is 2. The van der Waals surface area contributed by atoms with Gasteiger partial charge in [0.25, 0.3) is 0 Å². The lowest BCUT2D eigenvalue weighted by Crippen LogP contribution is -2.05. The first-order chi connectivity index (χ1) is 9.97. The van der Waals surface area contributed by atoms with Crippen LogP contribution in [0.3, 0.4) is 0 Å². The Morgan fingerprint density at radius 1 is 0.905 bits per heavy atom. The van der Waals surface area contributed by atoms with E-state index in [1.54, 1.807) is 14.2 Å². The highest BCUT2D eigenvalue weighted by atomic mass is 79.9. The summed E-state index contributed by atoms with van der Waals surface area (Å²) < 4.78 is 11.6. The van der Waals surface area contributed by atoms with E-state index in [0.29, 0.717) is 5.75 Å². The molecule has 0 fully saturated rings. The van der Waals surface area contributed by atoms with E-state index in [1.807, 2.05) is 44.2 Å². The number of methoxy groups -OCH3 is 2. The Labute approximate surface area is 133 Å². The third kappa shape index (κ3) is 3.22. The number of hydrogen-bond acceptors (Lipinski definition) is 3. The molecule has 3 nitrogen and oxygen atoms in total. The number of rotatable bonds is 4. The highest BCUT2D eigenvalue weighted by Gasteiger charge is 2.19. The lowest BCUT2D eigenvalue weighted by Gasteiger charge is -2.19. The molecule has 112 valence electrons. The van der Waals surface area contributed by atoms with Crippen LogP contribution in [-0.2, 0) is 0 Å². The minimum absolute atomic E-state index is 0.665. The van der Waals surface area contributed by atoms with E-state index >= 15 is 0 Å². The number of ether oxygens (including phenoxy) is 2. The van der Waals surface area contributed by atoms with Gasteiger partial charge >= 0.3 is 0 Å². The Morgan fingerprint density at radius 2 is 1.57 bits per heavy atom. The molecule has 0 saturated carbocycles. The average Bonchev–Trinajstić information content (AvgIpc) is 2.48. The normalized spacial score (nSPS) is 12.1. The topological polar surface area (TPSA) is 38.7 Å². The van der Waals surface area contributed by atoms with Gasteiger partial charge in [-0.1, -0.05) is 15.9 Å². The van der Waals surface area contributed by atoms with Crippen molar-refractivity contribution >= 4 is 15.9 Å². The van der Waals surface area contributed by atoms with Gasteiger partial charge in [0.1, 0.15) is 17.6 Å². The lowest BCUT2D eigenvalue weighted by molar-refractivity contribution is 0.213. The van der Waals surface area contributed by atoms with Gasteiger partial charge < -0.3 is 14.6 Å². The molecule has 21 heavy (non-hydrogen) atoms. The van der Waals surface area contributed by atoms with Gasteiger partial charge in [-0.3, -0.25) is 0 Å². The van der Waals surface area contributed by atoms with Crippen LogP contribution in [0.1, 0.15) is 28.4 Å². The lowest BCUT2D eigenvalue weighted by atomic mass is 9.95. The van der Waals surface area contributed by atoms with Gasteiger partial charge in [-0.25, -0.2) is 0 Å². The minimum Gasteiger partial charge on any atom is -0.496 e. The summed E-state index contributed by atoms with van der Waals surface area (Å²) in [6, 6.07) is 9.51. The first kappa shape index (κ1) is 15.9. The molecule has 0 aliphatic carbocycles. The zero-order chi connectivity index (χ0) is 15.6. The van der Waals surface area contributed by atoms with Crippen molar-refractivity contribution in [3.63, 3.8) is 0 Å². The summed E-state index contributed by atoms with van der Waals surface area (Å²) in [4.78, 5) is 0. The summed E-state index contributed by atoms with van der Waals surface area (Å²) >= 11 is 3.44. The zero-order valence-electron chi connectivity index (χ0n) is 12.6. The van der Waals surface area contributed by atoms with E-state index in [4.69, 9.17) is 9.47 Å². The van der Waals surface area contributed by atoms with Crippen molar-refractivity contribution in [2.24, 2.45) is 0 Å². The van der Waals surface area contributed by atoms with Crippen LogP contribution in [-0.4, -0.2) is 19.3 Å². The summed E-state index contributed by atoms with van der Waals surface area (Å²) in [7, 11) is 3.25. The first-order valence-electron chi connectivity index (χ1n) is 6.64. The second-order valence-corrected chi connectivity index (χ2v) is 5.88. The molecule has 0 spiro atoms. The van der Waals surface area contributed by atoms with E-state index in [0.717, 1.165) is 32.5 Å². The maximum atomic E-state index is 10.8. The highest BCUT2D eigenvalue weighted by molar-refractivity contribution is 9.10. The number of aryl methyl sites for hydroxylation is 2. The predicted octanol–water partition coefficient (Wildman–Crippen LogP) is 4.16. The molecule has 0 aromatic heterocycles. The van der Waals surface area contributed by atoms with Crippen molar-refractivity contribution in [1.82, 2.24) is 0 Å². The summed E-state index contributed by atoms with van der Waals surface area (Å²) in [6.07, 6.45) is -0.748. The van der Waals surface area contributed by atoms with Crippen molar-refractivity contribution in [3.8, 4) is 11.5 Å². The van der Waals surface area contributed by atoms with Gasteiger partial charge in [0.15, 0.2) is 0 Å². The maximum Gasteiger partial charge on any atom is 0.125 e. The van der Waals surface area contributed by atoms with Crippen LogP contribution in [0.25, 0.3) is 0 Å². The van der Waals surface area contributed by atoms with E-state index in [2.05, 4.69) is 15.9 Å². The monoisotopic (exact) mass is 350 g/mol. The molecule has 0 radical (unpaired) electrons. The second kappa shape index (κ2) is 6.50. The van der Waals surface area contributed by atoms with Crippen molar-refractivity contribution in [3.05, 3.63) is 57.1 Å². The van der Waals surface area contributed by atoms with Crippen LogP contribution in [0.4, 0.5) is 0 Å². The SMILES string of the molecule is COc1cc(C)c(C(O)c2cc(Br)ccc2OC)cc1C. The summed E-state index contributed by atoms with van der Waals surface area (Å²) in [5.74, 6) is 1.49. The number of aliphatic hydroxyl groups excluding tert-OH is 1. The van der Waals surface area contributed by atoms with Crippen LogP contribution < -0.4 is 9.47 Å². The Balaban J connectivity index is 2.52. The molecular weight excluding hydrogens is 332 g/mol. The van der Waals surface area contributed by atoms with E-state index in [1.165, 1.54) is 0 Å². The van der Waals surface area contributed by atoms with Crippen molar-refractivity contribution in [2.75, 3.05) is 14.2 Å². The third-order valence-electron chi connectivity index (χ3n) is 3.56. The van der Waals surface area contributed by atoms with E-state index in [-0.39, 0.29) is 0 Å².